The van der Waals surface area contributed by atoms with Crippen molar-refractivity contribution in [2.24, 2.45) is 10.9 Å². The fraction of sp³-hybridized carbons (Fsp3) is 0.318. The second-order valence-corrected chi connectivity index (χ2v) is 8.85. The Morgan fingerprint density at radius 2 is 1.80 bits per heavy atom. The third kappa shape index (κ3) is 4.49. The van der Waals surface area contributed by atoms with Crippen LogP contribution in [0.2, 0.25) is 0 Å². The fourth-order valence-electron chi connectivity index (χ4n) is 3.36. The summed E-state index contributed by atoms with van der Waals surface area (Å²) in [5.74, 6) is -1.96. The van der Waals surface area contributed by atoms with Gasteiger partial charge in [-0.05, 0) is 30.2 Å². The van der Waals surface area contributed by atoms with E-state index in [-0.39, 0.29) is 10.5 Å². The molecule has 1 atom stereocenters. The molecule has 0 saturated heterocycles. The van der Waals surface area contributed by atoms with E-state index >= 15 is 0 Å². The molecule has 3 rings (SSSR count). The van der Waals surface area contributed by atoms with E-state index < -0.39 is 27.6 Å². The molecule has 0 aliphatic carbocycles. The summed E-state index contributed by atoms with van der Waals surface area (Å²) in [6.07, 6.45) is 1.97. The minimum absolute atomic E-state index is 0.0265. The first kappa shape index (κ1) is 21.9. The first-order chi connectivity index (χ1) is 14.4. The number of nitrogens with one attached hydrogen (secondary N) is 1. The molecule has 7 nitrogen and oxygen atoms in total. The van der Waals surface area contributed by atoms with Crippen LogP contribution in [0.1, 0.15) is 29.8 Å². The predicted octanol–water partition coefficient (Wildman–Crippen LogP) is 2.59. The van der Waals surface area contributed by atoms with Crippen LogP contribution in [-0.2, 0) is 21.2 Å². The summed E-state index contributed by atoms with van der Waals surface area (Å²) in [5.41, 5.74) is 1.60. The number of ketones is 1. The van der Waals surface area contributed by atoms with Crippen LogP contribution in [0.4, 0.5) is 5.69 Å². The zero-order valence-electron chi connectivity index (χ0n) is 17.0. The minimum atomic E-state index is -3.71. The molecular weight excluding hydrogens is 402 g/mol. The predicted molar refractivity (Wildman–Crippen MR) is 116 cm³/mol. The molecule has 0 fully saturated rings. The molecule has 1 unspecified atom stereocenters. The van der Waals surface area contributed by atoms with E-state index in [2.05, 4.69) is 10.3 Å². The van der Waals surface area contributed by atoms with Gasteiger partial charge in [-0.3, -0.25) is 14.6 Å². The molecule has 0 bridgehead atoms. The van der Waals surface area contributed by atoms with Gasteiger partial charge in [0.05, 0.1) is 10.6 Å². The SMILES string of the molecule is CCN(CC)S(=O)(=O)c1ccc2c(c1)C(=O)C(C(=O)NCCc1ccccc1)C=N2. The maximum Gasteiger partial charge on any atom is 0.243 e. The molecule has 2 aromatic carbocycles. The summed E-state index contributed by atoms with van der Waals surface area (Å²) < 4.78 is 26.9. The number of hydrogen-bond donors (Lipinski definition) is 1. The largest absolute Gasteiger partial charge is 0.355 e. The zero-order chi connectivity index (χ0) is 21.7. The Labute approximate surface area is 176 Å². The molecule has 158 valence electrons. The molecule has 1 aliphatic rings. The fourth-order valence-corrected chi connectivity index (χ4v) is 4.84. The molecule has 1 N–H and O–H groups in total. The van der Waals surface area contributed by atoms with E-state index in [1.807, 2.05) is 30.3 Å². The quantitative estimate of drug-likeness (QED) is 0.655. The van der Waals surface area contributed by atoms with Gasteiger partial charge >= 0.3 is 0 Å². The molecule has 8 heteroatoms. The number of Topliss-reactive ketones (excluding diaryl/α,β-unsaturated/α-hetero) is 1. The van der Waals surface area contributed by atoms with E-state index in [0.29, 0.717) is 31.7 Å². The molecule has 0 aromatic heterocycles. The number of sulfonamides is 1. The zero-order valence-corrected chi connectivity index (χ0v) is 17.9. The highest BCUT2D eigenvalue weighted by Crippen LogP contribution is 2.30. The number of nitrogens with zero attached hydrogens (tertiary/aromatic N) is 2. The van der Waals surface area contributed by atoms with Crippen molar-refractivity contribution in [1.82, 2.24) is 9.62 Å². The van der Waals surface area contributed by atoms with Gasteiger partial charge < -0.3 is 5.32 Å². The van der Waals surface area contributed by atoms with Crippen LogP contribution in [0.5, 0.6) is 0 Å². The lowest BCUT2D eigenvalue weighted by Gasteiger charge is -2.21. The maximum absolute atomic E-state index is 12.9. The Bertz CT molecular complexity index is 1060. The van der Waals surface area contributed by atoms with Crippen LogP contribution < -0.4 is 5.32 Å². The van der Waals surface area contributed by atoms with Crippen molar-refractivity contribution >= 4 is 33.6 Å². The van der Waals surface area contributed by atoms with Crippen LogP contribution >= 0.6 is 0 Å². The van der Waals surface area contributed by atoms with Crippen molar-refractivity contribution < 1.29 is 18.0 Å². The summed E-state index contributed by atoms with van der Waals surface area (Å²) in [6, 6.07) is 14.0. The first-order valence-corrected chi connectivity index (χ1v) is 11.4. The van der Waals surface area contributed by atoms with Gasteiger partial charge in [0.25, 0.3) is 0 Å². The number of hydrogen-bond acceptors (Lipinski definition) is 5. The topological polar surface area (TPSA) is 95.9 Å². The van der Waals surface area contributed by atoms with Gasteiger partial charge in [-0.15, -0.1) is 0 Å². The van der Waals surface area contributed by atoms with E-state index in [1.165, 1.54) is 28.7 Å². The molecule has 1 heterocycles. The lowest BCUT2D eigenvalue weighted by molar-refractivity contribution is -0.121. The van der Waals surface area contributed by atoms with Gasteiger partial charge in [-0.1, -0.05) is 44.2 Å². The smallest absolute Gasteiger partial charge is 0.243 e. The Kier molecular flexibility index (Phi) is 6.79. The van der Waals surface area contributed by atoms with Crippen molar-refractivity contribution in [2.75, 3.05) is 19.6 Å². The normalized spacial score (nSPS) is 15.8. The van der Waals surface area contributed by atoms with Gasteiger partial charge in [0.15, 0.2) is 5.78 Å². The highest BCUT2D eigenvalue weighted by atomic mass is 32.2. The summed E-state index contributed by atoms with van der Waals surface area (Å²) >= 11 is 0. The number of fused-ring (bicyclic) bond motifs is 1. The average Bonchev–Trinajstić information content (AvgIpc) is 2.75. The van der Waals surface area contributed by atoms with E-state index in [1.54, 1.807) is 13.8 Å². The van der Waals surface area contributed by atoms with Crippen molar-refractivity contribution in [3.63, 3.8) is 0 Å². The molecular formula is C22H25N3O4S. The summed E-state index contributed by atoms with van der Waals surface area (Å²) in [4.78, 5) is 29.7. The van der Waals surface area contributed by atoms with Gasteiger partial charge in [-0.25, -0.2) is 8.42 Å². The Morgan fingerprint density at radius 3 is 2.47 bits per heavy atom. The standard InChI is InChI=1S/C22H25N3O4S/c1-3-25(4-2)30(28,29)17-10-11-20-18(14-17)21(26)19(15-24-20)22(27)23-13-12-16-8-6-5-7-9-16/h5-11,14-15,19H,3-4,12-13H2,1-2H3,(H,23,27). The van der Waals surface area contributed by atoms with Crippen LogP contribution in [0, 0.1) is 5.92 Å². The first-order valence-electron chi connectivity index (χ1n) is 9.92. The summed E-state index contributed by atoms with van der Waals surface area (Å²) in [6.45, 7) is 4.56. The number of benzene rings is 2. The third-order valence-electron chi connectivity index (χ3n) is 5.06. The highest BCUT2D eigenvalue weighted by molar-refractivity contribution is 7.89. The highest BCUT2D eigenvalue weighted by Gasteiger charge is 2.32. The third-order valence-corrected chi connectivity index (χ3v) is 7.11. The van der Waals surface area contributed by atoms with Crippen LogP contribution in [0.25, 0.3) is 0 Å². The minimum Gasteiger partial charge on any atom is -0.355 e. The van der Waals surface area contributed by atoms with Gasteiger partial charge in [0.1, 0.15) is 5.92 Å². The molecule has 30 heavy (non-hydrogen) atoms. The number of rotatable bonds is 8. The number of aliphatic imine (C=N–C) groups is 1. The van der Waals surface area contributed by atoms with Crippen molar-refractivity contribution in [3.05, 3.63) is 59.7 Å². The maximum atomic E-state index is 12.9. The molecule has 2 aromatic rings. The molecule has 0 saturated carbocycles. The lowest BCUT2D eigenvalue weighted by atomic mass is 9.94. The van der Waals surface area contributed by atoms with E-state index in [9.17, 15) is 18.0 Å². The molecule has 0 spiro atoms. The monoisotopic (exact) mass is 427 g/mol. The number of amides is 1. The lowest BCUT2D eigenvalue weighted by Crippen LogP contribution is -2.38. The van der Waals surface area contributed by atoms with Crippen LogP contribution in [0.3, 0.4) is 0 Å². The van der Waals surface area contributed by atoms with Gasteiger partial charge in [0, 0.05) is 31.4 Å². The summed E-state index contributed by atoms with van der Waals surface area (Å²) in [5, 5.41) is 2.77. The van der Waals surface area contributed by atoms with E-state index in [4.69, 9.17) is 0 Å². The second kappa shape index (κ2) is 9.32. The van der Waals surface area contributed by atoms with Crippen LogP contribution in [-0.4, -0.2) is 50.3 Å². The Balaban J connectivity index is 1.75. The van der Waals surface area contributed by atoms with Crippen molar-refractivity contribution in [1.29, 1.82) is 0 Å². The average molecular weight is 428 g/mol. The number of carbonyl (C=O) groups excluding carboxylic acids is 2. The summed E-state index contributed by atoms with van der Waals surface area (Å²) in [7, 11) is -3.71. The van der Waals surface area contributed by atoms with Gasteiger partial charge in [-0.2, -0.15) is 4.31 Å². The second-order valence-electron chi connectivity index (χ2n) is 6.92. The number of carbonyl (C=O) groups is 2. The Morgan fingerprint density at radius 1 is 1.10 bits per heavy atom. The van der Waals surface area contributed by atoms with E-state index in [0.717, 1.165) is 5.56 Å². The Hall–Kier alpha value is -2.84. The van der Waals surface area contributed by atoms with Crippen LogP contribution in [0.15, 0.2) is 58.4 Å². The molecule has 1 aliphatic heterocycles. The van der Waals surface area contributed by atoms with Crippen molar-refractivity contribution in [2.45, 2.75) is 25.2 Å². The van der Waals surface area contributed by atoms with Crippen molar-refractivity contribution in [3.8, 4) is 0 Å². The molecule has 1 amide bonds. The molecule has 0 radical (unpaired) electrons. The van der Waals surface area contributed by atoms with Gasteiger partial charge in [0.2, 0.25) is 15.9 Å².